The second-order valence-corrected chi connectivity index (χ2v) is 15.0. The topological polar surface area (TPSA) is 8.17 Å². The summed E-state index contributed by atoms with van der Waals surface area (Å²) in [5, 5.41) is 4.33. The maximum Gasteiger partial charge on any atom is 0.0645 e. The van der Waals surface area contributed by atoms with Crippen LogP contribution in [0.15, 0.2) is 243 Å². The van der Waals surface area contributed by atoms with Crippen LogP contribution in [0.5, 0.6) is 0 Å². The van der Waals surface area contributed by atoms with Crippen LogP contribution in [0.1, 0.15) is 5.48 Å². The highest BCUT2D eigenvalue weighted by Crippen LogP contribution is 2.40. The van der Waals surface area contributed by atoms with Crippen molar-refractivity contribution in [1.82, 2.24) is 4.57 Å². The number of fused-ring (bicyclic) bond motifs is 4. The van der Waals surface area contributed by atoms with Crippen molar-refractivity contribution in [2.45, 2.75) is 0 Å². The number of nitrogens with zero attached hydrogens (tertiary/aromatic N) is 2. The predicted molar refractivity (Wildman–Crippen MR) is 255 cm³/mol. The summed E-state index contributed by atoms with van der Waals surface area (Å²) in [4.78, 5) is 1.85. The van der Waals surface area contributed by atoms with Gasteiger partial charge in [-0.05, 0) is 122 Å². The summed E-state index contributed by atoms with van der Waals surface area (Å²) in [5.74, 6) is 0. The normalized spacial score (nSPS) is 12.3. The molecule has 11 aromatic rings. The fourth-order valence-electron chi connectivity index (χ4n) is 8.52. The molecular formula is C58H40N2. The summed E-state index contributed by atoms with van der Waals surface area (Å²) < 4.78 is 40.8. The van der Waals surface area contributed by atoms with Gasteiger partial charge in [0.25, 0.3) is 0 Å². The highest BCUT2D eigenvalue weighted by atomic mass is 15.1. The Labute approximate surface area is 356 Å². The monoisotopic (exact) mass is 768 g/mol. The van der Waals surface area contributed by atoms with Crippen LogP contribution in [0.4, 0.5) is 17.1 Å². The molecule has 0 atom stereocenters. The van der Waals surface area contributed by atoms with Gasteiger partial charge in [-0.25, -0.2) is 0 Å². The Morgan fingerprint density at radius 1 is 0.317 bits per heavy atom. The van der Waals surface area contributed by atoms with Crippen molar-refractivity contribution in [3.63, 3.8) is 0 Å². The minimum Gasteiger partial charge on any atom is -0.311 e. The predicted octanol–water partition coefficient (Wildman–Crippen LogP) is 16.1. The molecule has 1 heterocycles. The molecule has 0 saturated carbocycles. The molecule has 2 nitrogen and oxygen atoms in total. The average molecular weight is 769 g/mol. The van der Waals surface area contributed by atoms with Gasteiger partial charge in [-0.15, -0.1) is 0 Å². The van der Waals surface area contributed by atoms with Gasteiger partial charge >= 0.3 is 0 Å². The summed E-state index contributed by atoms with van der Waals surface area (Å²) in [7, 11) is 0. The Morgan fingerprint density at radius 3 is 1.53 bits per heavy atom. The van der Waals surface area contributed by atoms with Crippen LogP contribution >= 0.6 is 0 Å². The largest absolute Gasteiger partial charge is 0.311 e. The summed E-state index contributed by atoms with van der Waals surface area (Å²) in [6.45, 7) is 0. The Morgan fingerprint density at radius 2 is 0.833 bits per heavy atom. The lowest BCUT2D eigenvalue weighted by Crippen LogP contribution is -2.09. The van der Waals surface area contributed by atoms with Crippen LogP contribution in [0.25, 0.3) is 82.8 Å². The molecule has 10 aromatic carbocycles. The molecule has 0 fully saturated rings. The molecule has 0 N–H and O–H groups in total. The molecule has 0 aliphatic heterocycles. The minimum absolute atomic E-state index is 0.104. The molecule has 2 heteroatoms. The van der Waals surface area contributed by atoms with Crippen molar-refractivity contribution in [3.8, 4) is 50.2 Å². The van der Waals surface area contributed by atoms with Crippen LogP contribution in [0.2, 0.25) is 0 Å². The maximum absolute atomic E-state index is 9.67. The fraction of sp³-hybridized carbons (Fsp3) is 0. The van der Waals surface area contributed by atoms with Crippen molar-refractivity contribution in [3.05, 3.63) is 243 Å². The van der Waals surface area contributed by atoms with Crippen molar-refractivity contribution in [2.24, 2.45) is 0 Å². The van der Waals surface area contributed by atoms with Gasteiger partial charge in [0.05, 0.1) is 16.5 Å². The lowest BCUT2D eigenvalue weighted by atomic mass is 9.94. The lowest BCUT2D eigenvalue weighted by molar-refractivity contribution is 1.19. The van der Waals surface area contributed by atoms with E-state index in [1.54, 1.807) is 0 Å². The molecule has 0 unspecified atom stereocenters. The molecule has 0 radical (unpaired) electrons. The minimum atomic E-state index is -0.125. The van der Waals surface area contributed by atoms with Gasteiger partial charge in [0.2, 0.25) is 0 Å². The molecule has 11 rings (SSSR count). The van der Waals surface area contributed by atoms with E-state index in [9.17, 15) is 5.48 Å². The summed E-state index contributed by atoms with van der Waals surface area (Å²) >= 11 is 0. The summed E-state index contributed by atoms with van der Waals surface area (Å²) in [6, 6.07) is 73.7. The van der Waals surface area contributed by atoms with E-state index < -0.39 is 0 Å². The van der Waals surface area contributed by atoms with Crippen LogP contribution in [-0.4, -0.2) is 4.57 Å². The molecule has 0 bridgehead atoms. The Balaban J connectivity index is 1.04. The Kier molecular flexibility index (Phi) is 7.83. The zero-order valence-electron chi connectivity index (χ0n) is 36.7. The van der Waals surface area contributed by atoms with E-state index in [1.807, 2.05) is 120 Å². The zero-order chi connectivity index (χ0) is 43.3. The van der Waals surface area contributed by atoms with Gasteiger partial charge in [0, 0.05) is 33.5 Å². The first-order chi connectivity index (χ1) is 31.4. The first kappa shape index (κ1) is 31.1. The van der Waals surface area contributed by atoms with Crippen LogP contribution in [-0.2, 0) is 0 Å². The number of anilines is 3. The number of hydrogen-bond acceptors (Lipinski definition) is 1. The van der Waals surface area contributed by atoms with E-state index in [0.29, 0.717) is 16.9 Å². The smallest absolute Gasteiger partial charge is 0.0645 e. The van der Waals surface area contributed by atoms with E-state index in [2.05, 4.69) is 108 Å². The number of hydrogen-bond donors (Lipinski definition) is 0. The van der Waals surface area contributed by atoms with E-state index >= 15 is 0 Å². The van der Waals surface area contributed by atoms with Gasteiger partial charge < -0.3 is 9.47 Å². The third-order valence-corrected chi connectivity index (χ3v) is 11.5. The van der Waals surface area contributed by atoms with Gasteiger partial charge in [-0.1, -0.05) is 176 Å². The van der Waals surface area contributed by atoms with Gasteiger partial charge in [-0.2, -0.15) is 0 Å². The molecule has 60 heavy (non-hydrogen) atoms. The third kappa shape index (κ3) is 6.41. The Hall–Kier alpha value is -7.94. The SMILES string of the molecule is [2H]c1c([2H])c(N(c2ccc(-c3ccccc3)cc2)c2ccc(-c3ccccc3-c3ccccc3)cc2)c([2H])c([2H])c1-c1ccc2c(c1)c1ccccc1n2-c1ccc2ccccc2c1. The van der Waals surface area contributed by atoms with Crippen molar-refractivity contribution >= 4 is 49.6 Å². The van der Waals surface area contributed by atoms with Crippen LogP contribution < -0.4 is 4.90 Å². The Bertz CT molecular complexity index is 3500. The van der Waals surface area contributed by atoms with Gasteiger partial charge in [0.15, 0.2) is 0 Å². The van der Waals surface area contributed by atoms with Crippen LogP contribution in [0, 0.1) is 0 Å². The van der Waals surface area contributed by atoms with Gasteiger partial charge in [-0.3, -0.25) is 0 Å². The molecular weight excluding hydrogens is 725 g/mol. The standard InChI is InChI=1S/C58H40N2/c1-3-13-41(14-4-1)43-23-31-49(32-24-43)59(51-35-28-46(29-36-51)54-20-10-9-19-53(54)45-16-5-2-6-17-45)50-33-25-44(26-34-50)48-30-38-58-56(40-48)55-21-11-12-22-57(55)60(58)52-37-27-42-15-7-8-18-47(42)39-52/h1-40H/i25D,26D,33D,34D. The second kappa shape index (κ2) is 15.1. The molecule has 1 aromatic heterocycles. The number of aromatic nitrogens is 1. The highest BCUT2D eigenvalue weighted by molar-refractivity contribution is 6.10. The molecule has 0 amide bonds. The summed E-state index contributed by atoms with van der Waals surface area (Å²) in [6.07, 6.45) is 0. The molecule has 0 aliphatic rings. The van der Waals surface area contributed by atoms with Crippen LogP contribution in [0.3, 0.4) is 0 Å². The van der Waals surface area contributed by atoms with E-state index in [1.165, 1.54) is 5.39 Å². The molecule has 282 valence electrons. The van der Waals surface area contributed by atoms with Gasteiger partial charge in [0.1, 0.15) is 0 Å². The van der Waals surface area contributed by atoms with Crippen molar-refractivity contribution in [2.75, 3.05) is 4.90 Å². The first-order valence-electron chi connectivity index (χ1n) is 22.3. The first-order valence-corrected chi connectivity index (χ1v) is 20.3. The maximum atomic E-state index is 9.67. The average Bonchev–Trinajstić information content (AvgIpc) is 3.69. The molecule has 0 spiro atoms. The second-order valence-electron chi connectivity index (χ2n) is 15.0. The zero-order valence-corrected chi connectivity index (χ0v) is 32.7. The quantitative estimate of drug-likeness (QED) is 0.149. The number of benzene rings is 10. The highest BCUT2D eigenvalue weighted by Gasteiger charge is 2.17. The molecule has 0 saturated heterocycles. The van der Waals surface area contributed by atoms with E-state index in [4.69, 9.17) is 0 Å². The van der Waals surface area contributed by atoms with Crippen molar-refractivity contribution in [1.29, 1.82) is 0 Å². The third-order valence-electron chi connectivity index (χ3n) is 11.5. The number of para-hydroxylation sites is 1. The van der Waals surface area contributed by atoms with Crippen molar-refractivity contribution < 1.29 is 5.48 Å². The van der Waals surface area contributed by atoms with E-state index in [0.717, 1.165) is 66.3 Å². The summed E-state index contributed by atoms with van der Waals surface area (Å²) in [5.41, 5.74) is 12.0. The fourth-order valence-corrected chi connectivity index (χ4v) is 8.52. The number of rotatable bonds is 8. The molecule has 0 aliphatic carbocycles. The lowest BCUT2D eigenvalue weighted by Gasteiger charge is -2.26. The van der Waals surface area contributed by atoms with E-state index in [-0.39, 0.29) is 35.4 Å².